The lowest BCUT2D eigenvalue weighted by Gasteiger charge is -2.29. The van der Waals surface area contributed by atoms with E-state index < -0.39 is 10.9 Å². The summed E-state index contributed by atoms with van der Waals surface area (Å²) in [5.74, 6) is -0.992. The minimum atomic E-state index is -0.992. The average molecular weight is 594 g/mol. The predicted octanol–water partition coefficient (Wildman–Crippen LogP) is 6.81. The van der Waals surface area contributed by atoms with Crippen molar-refractivity contribution in [2.45, 2.75) is 21.9 Å². The van der Waals surface area contributed by atoms with Crippen molar-refractivity contribution in [1.82, 2.24) is 14.9 Å². The highest BCUT2D eigenvalue weighted by molar-refractivity contribution is 7.99. The molecule has 2 atom stereocenters. The van der Waals surface area contributed by atoms with E-state index in [2.05, 4.69) is 15.2 Å². The first-order valence-corrected chi connectivity index (χ1v) is 14.2. The van der Waals surface area contributed by atoms with Gasteiger partial charge in [-0.1, -0.05) is 23.9 Å². The topological polar surface area (TPSA) is 114 Å². The maximum Gasteiger partial charge on any atom is 0.335 e. The molecule has 2 aromatic heterocycles. The van der Waals surface area contributed by atoms with Gasteiger partial charge in [-0.3, -0.25) is 15.1 Å². The van der Waals surface area contributed by atoms with Crippen LogP contribution in [0.1, 0.15) is 33.8 Å². The Kier molecular flexibility index (Phi) is 7.43. The van der Waals surface area contributed by atoms with E-state index in [0.717, 1.165) is 32.6 Å². The summed E-state index contributed by atoms with van der Waals surface area (Å²) in [6.45, 7) is 0. The Bertz CT molecular complexity index is 1780. The van der Waals surface area contributed by atoms with Crippen LogP contribution in [-0.4, -0.2) is 30.7 Å². The third kappa shape index (κ3) is 5.35. The monoisotopic (exact) mass is 593 g/mol. The number of carboxylic acids is 1. The molecule has 0 unspecified atom stereocenters. The molecule has 11 heteroatoms. The van der Waals surface area contributed by atoms with Crippen LogP contribution in [0.5, 0.6) is 0 Å². The Hall–Kier alpha value is -5.00. The number of aromatic carboxylic acids is 1. The molecule has 42 heavy (non-hydrogen) atoms. The maximum absolute atomic E-state index is 11.7. The quantitative estimate of drug-likeness (QED) is 0.114. The largest absolute Gasteiger partial charge is 0.478 e. The van der Waals surface area contributed by atoms with E-state index in [-0.39, 0.29) is 23.3 Å². The summed E-state index contributed by atoms with van der Waals surface area (Å²) >= 11 is 7.38. The summed E-state index contributed by atoms with van der Waals surface area (Å²) < 4.78 is 1.98. The number of hydrogen-bond donors (Lipinski definition) is 2. The number of aromatic nitrogens is 2. The lowest BCUT2D eigenvalue weighted by Crippen LogP contribution is -2.30. The number of non-ortho nitro benzene ring substituents is 1. The lowest BCUT2D eigenvalue weighted by molar-refractivity contribution is -0.384. The molecule has 0 aliphatic carbocycles. The zero-order chi connectivity index (χ0) is 29.2. The summed E-state index contributed by atoms with van der Waals surface area (Å²) in [6, 6.07) is 30.4. The number of hydrogen-bond acceptors (Lipinski definition) is 6. The smallest absolute Gasteiger partial charge is 0.335 e. The highest BCUT2D eigenvalue weighted by atomic mass is 32.2. The molecule has 0 saturated carbocycles. The maximum atomic E-state index is 11.7. The molecule has 2 N–H and O–H groups in total. The second-order valence-electron chi connectivity index (χ2n) is 9.50. The highest BCUT2D eigenvalue weighted by Crippen LogP contribution is 2.43. The summed E-state index contributed by atoms with van der Waals surface area (Å²) in [5, 5.41) is 24.6. The lowest BCUT2D eigenvalue weighted by atomic mass is 10.0. The number of thiocarbonyl (C=S) groups is 1. The molecule has 3 aromatic carbocycles. The number of pyridine rings is 1. The van der Waals surface area contributed by atoms with Crippen LogP contribution in [0.4, 0.5) is 11.4 Å². The molecule has 1 aliphatic heterocycles. The van der Waals surface area contributed by atoms with E-state index in [0.29, 0.717) is 5.11 Å². The number of nitrogens with one attached hydrogen (secondary N) is 1. The minimum Gasteiger partial charge on any atom is -0.478 e. The number of nitrogens with zero attached hydrogens (tertiary/aromatic N) is 4. The van der Waals surface area contributed by atoms with Gasteiger partial charge in [0.2, 0.25) is 0 Å². The van der Waals surface area contributed by atoms with Crippen molar-refractivity contribution in [3.63, 3.8) is 0 Å². The van der Waals surface area contributed by atoms with Crippen LogP contribution in [0.25, 0.3) is 5.69 Å². The number of nitro benzene ring substituents is 1. The standard InChI is InChI=1S/C31H23N5O4S2/c37-30(38)20-5-3-6-23(19-20)34-18-4-8-27(34)29-28(26-7-1-2-17-32-26)33-31(41)35(29)21-9-13-24(14-10-21)42-25-15-11-22(12-16-25)36(39)40/h1-19,28-29H,(H,33,41)(H,37,38)/t28-,29-/m1/s1. The molecule has 5 aromatic rings. The normalized spacial score (nSPS) is 16.3. The SMILES string of the molecule is O=C(O)c1cccc(-n2cccc2[C@@H]2[C@@H](c3ccccn3)NC(=S)N2c2ccc(Sc3ccc([N+](=O)[O-])cc3)cc2)c1. The van der Waals surface area contributed by atoms with Gasteiger partial charge >= 0.3 is 5.97 Å². The van der Waals surface area contributed by atoms with E-state index in [1.165, 1.54) is 23.9 Å². The Labute approximate surface area is 250 Å². The molecular weight excluding hydrogens is 571 g/mol. The summed E-state index contributed by atoms with van der Waals surface area (Å²) in [7, 11) is 0. The molecular formula is C31H23N5O4S2. The molecule has 3 heterocycles. The van der Waals surface area contributed by atoms with Gasteiger partial charge in [0.05, 0.1) is 22.2 Å². The molecule has 0 amide bonds. The third-order valence-corrected chi connectivity index (χ3v) is 8.28. The first kappa shape index (κ1) is 27.2. The summed E-state index contributed by atoms with van der Waals surface area (Å²) in [5.41, 5.74) is 3.58. The molecule has 208 valence electrons. The number of rotatable bonds is 8. The molecule has 1 aliphatic rings. The van der Waals surface area contributed by atoms with E-state index in [4.69, 9.17) is 12.2 Å². The van der Waals surface area contributed by atoms with Gasteiger partial charge in [-0.05, 0) is 91.1 Å². The summed E-state index contributed by atoms with van der Waals surface area (Å²) in [6.07, 6.45) is 3.66. The number of anilines is 1. The van der Waals surface area contributed by atoms with Crippen molar-refractivity contribution in [3.8, 4) is 5.69 Å². The van der Waals surface area contributed by atoms with Gasteiger partial charge in [-0.2, -0.15) is 0 Å². The zero-order valence-electron chi connectivity index (χ0n) is 21.9. The zero-order valence-corrected chi connectivity index (χ0v) is 23.5. The van der Waals surface area contributed by atoms with Crippen molar-refractivity contribution in [1.29, 1.82) is 0 Å². The van der Waals surface area contributed by atoms with Crippen LogP contribution in [0.15, 0.2) is 125 Å². The van der Waals surface area contributed by atoms with E-state index in [9.17, 15) is 20.0 Å². The number of nitro groups is 1. The Morgan fingerprint density at radius 3 is 2.33 bits per heavy atom. The van der Waals surface area contributed by atoms with Crippen molar-refractivity contribution in [2.24, 2.45) is 0 Å². The van der Waals surface area contributed by atoms with Crippen LogP contribution in [0.3, 0.4) is 0 Å². The van der Waals surface area contributed by atoms with E-state index in [1.54, 1.807) is 36.5 Å². The Balaban J connectivity index is 1.37. The Morgan fingerprint density at radius 2 is 1.67 bits per heavy atom. The second-order valence-corrected chi connectivity index (χ2v) is 11.0. The minimum absolute atomic E-state index is 0.0534. The van der Waals surface area contributed by atoms with Gasteiger partial charge in [0, 0.05) is 51.4 Å². The van der Waals surface area contributed by atoms with Crippen LogP contribution in [0.2, 0.25) is 0 Å². The first-order valence-electron chi connectivity index (χ1n) is 12.9. The van der Waals surface area contributed by atoms with E-state index in [1.807, 2.05) is 71.4 Å². The van der Waals surface area contributed by atoms with Crippen molar-refractivity contribution in [2.75, 3.05) is 4.90 Å². The van der Waals surface area contributed by atoms with Crippen molar-refractivity contribution < 1.29 is 14.8 Å². The Morgan fingerprint density at radius 1 is 0.929 bits per heavy atom. The van der Waals surface area contributed by atoms with Crippen LogP contribution in [0, 0.1) is 10.1 Å². The van der Waals surface area contributed by atoms with Gasteiger partial charge in [0.15, 0.2) is 5.11 Å². The van der Waals surface area contributed by atoms with Crippen LogP contribution < -0.4 is 10.2 Å². The fourth-order valence-electron chi connectivity index (χ4n) is 5.04. The fourth-order valence-corrected chi connectivity index (χ4v) is 6.20. The third-order valence-electron chi connectivity index (χ3n) is 6.95. The highest BCUT2D eigenvalue weighted by Gasteiger charge is 2.42. The number of carboxylic acid groups (broad SMARTS) is 1. The molecule has 9 nitrogen and oxygen atoms in total. The molecule has 1 fully saturated rings. The van der Waals surface area contributed by atoms with Gasteiger partial charge in [-0.15, -0.1) is 0 Å². The molecule has 0 radical (unpaired) electrons. The second kappa shape index (κ2) is 11.5. The first-order chi connectivity index (χ1) is 20.4. The van der Waals surface area contributed by atoms with Gasteiger partial charge in [-0.25, -0.2) is 4.79 Å². The summed E-state index contributed by atoms with van der Waals surface area (Å²) in [4.78, 5) is 30.8. The fraction of sp³-hybridized carbons (Fsp3) is 0.0645. The van der Waals surface area contributed by atoms with Crippen LogP contribution in [-0.2, 0) is 0 Å². The van der Waals surface area contributed by atoms with Crippen molar-refractivity contribution in [3.05, 3.63) is 143 Å². The molecule has 6 rings (SSSR count). The molecule has 1 saturated heterocycles. The van der Waals surface area contributed by atoms with Crippen LogP contribution >= 0.6 is 24.0 Å². The van der Waals surface area contributed by atoms with Gasteiger partial charge in [0.1, 0.15) is 6.04 Å². The number of carbonyl (C=O) groups is 1. The van der Waals surface area contributed by atoms with Gasteiger partial charge < -0.3 is 19.9 Å². The number of benzene rings is 3. The molecule has 0 bridgehead atoms. The average Bonchev–Trinajstić information content (AvgIpc) is 3.63. The van der Waals surface area contributed by atoms with Gasteiger partial charge in [0.25, 0.3) is 5.69 Å². The van der Waals surface area contributed by atoms with E-state index >= 15 is 0 Å². The predicted molar refractivity (Wildman–Crippen MR) is 164 cm³/mol. The van der Waals surface area contributed by atoms with Crippen molar-refractivity contribution >= 4 is 46.4 Å². The molecule has 0 spiro atoms.